The molecule has 15 heavy (non-hydrogen) atoms. The van der Waals surface area contributed by atoms with Crippen molar-refractivity contribution in [3.05, 3.63) is 0 Å². The normalized spacial score (nSPS) is 45.1. The molecule has 0 bridgehead atoms. The molecule has 5 atom stereocenters. The topological polar surface area (TPSA) is 46.5 Å². The third kappa shape index (κ3) is 2.03. The summed E-state index contributed by atoms with van der Waals surface area (Å²) in [5.41, 5.74) is 0. The molecule has 1 aliphatic carbocycles. The highest BCUT2D eigenvalue weighted by Crippen LogP contribution is 2.45. The monoisotopic (exact) mass is 212 g/mol. The Kier molecular flexibility index (Phi) is 3.01. The van der Waals surface area contributed by atoms with Gasteiger partial charge in [0, 0.05) is 6.42 Å². The molecule has 0 aromatic rings. The number of carbonyl (C=O) groups is 1. The van der Waals surface area contributed by atoms with Gasteiger partial charge in [-0.1, -0.05) is 13.3 Å². The Bertz CT molecular complexity index is 251. The molecule has 0 aromatic heterocycles. The molecule has 0 unspecified atom stereocenters. The van der Waals surface area contributed by atoms with Gasteiger partial charge in [-0.15, -0.1) is 0 Å². The van der Waals surface area contributed by atoms with Crippen molar-refractivity contribution in [1.29, 1.82) is 0 Å². The third-order valence-electron chi connectivity index (χ3n) is 4.21. The molecule has 0 aromatic carbocycles. The average Bonchev–Trinajstić information content (AvgIpc) is 2.43. The zero-order chi connectivity index (χ0) is 11.0. The van der Waals surface area contributed by atoms with Gasteiger partial charge in [-0.2, -0.15) is 0 Å². The van der Waals surface area contributed by atoms with E-state index in [2.05, 4.69) is 13.8 Å². The van der Waals surface area contributed by atoms with Crippen LogP contribution in [0.25, 0.3) is 0 Å². The molecule has 2 fully saturated rings. The van der Waals surface area contributed by atoms with Gasteiger partial charge >= 0.3 is 5.97 Å². The minimum atomic E-state index is -0.660. The fourth-order valence-electron chi connectivity index (χ4n) is 3.37. The molecular weight excluding hydrogens is 192 g/mol. The second-order valence-electron chi connectivity index (χ2n) is 5.10. The number of hydrogen-bond acceptors (Lipinski definition) is 2. The molecule has 3 nitrogen and oxygen atoms in total. The van der Waals surface area contributed by atoms with E-state index in [1.807, 2.05) is 0 Å². The standard InChI is InChI=1S/C12H20O3/c1-7-8(2)15-10-5-3-4-9(12(7)10)6-11(13)14/h7-10,12H,3-6H2,1-2H3,(H,13,14)/t7-,8+,9+,10-,12+/m1/s1. The van der Waals surface area contributed by atoms with Crippen LogP contribution in [0.4, 0.5) is 0 Å². The predicted molar refractivity (Wildman–Crippen MR) is 56.6 cm³/mol. The Labute approximate surface area is 90.8 Å². The number of carboxylic acid groups (broad SMARTS) is 1. The fraction of sp³-hybridized carbons (Fsp3) is 0.917. The van der Waals surface area contributed by atoms with Crippen molar-refractivity contribution >= 4 is 5.97 Å². The lowest BCUT2D eigenvalue weighted by atomic mass is 9.71. The molecule has 0 spiro atoms. The Morgan fingerprint density at radius 2 is 2.13 bits per heavy atom. The van der Waals surface area contributed by atoms with Crippen LogP contribution in [0.2, 0.25) is 0 Å². The van der Waals surface area contributed by atoms with Gasteiger partial charge in [0.1, 0.15) is 0 Å². The first kappa shape index (κ1) is 10.9. The van der Waals surface area contributed by atoms with Crippen molar-refractivity contribution in [3.63, 3.8) is 0 Å². The minimum absolute atomic E-state index is 0.300. The lowest BCUT2D eigenvalue weighted by Gasteiger charge is -2.33. The quantitative estimate of drug-likeness (QED) is 0.764. The van der Waals surface area contributed by atoms with Crippen LogP contribution < -0.4 is 0 Å². The van der Waals surface area contributed by atoms with Crippen LogP contribution in [-0.4, -0.2) is 23.3 Å². The molecule has 0 amide bonds. The highest BCUT2D eigenvalue weighted by atomic mass is 16.5. The Morgan fingerprint density at radius 1 is 1.40 bits per heavy atom. The maximum Gasteiger partial charge on any atom is 0.303 e. The minimum Gasteiger partial charge on any atom is -0.481 e. The van der Waals surface area contributed by atoms with Gasteiger partial charge in [-0.3, -0.25) is 4.79 Å². The first-order valence-corrected chi connectivity index (χ1v) is 5.97. The molecule has 86 valence electrons. The van der Waals surface area contributed by atoms with E-state index in [0.717, 1.165) is 19.3 Å². The molecule has 1 heterocycles. The van der Waals surface area contributed by atoms with Crippen LogP contribution in [-0.2, 0) is 9.53 Å². The van der Waals surface area contributed by atoms with Gasteiger partial charge in [0.05, 0.1) is 12.2 Å². The van der Waals surface area contributed by atoms with Crippen LogP contribution in [0, 0.1) is 17.8 Å². The van der Waals surface area contributed by atoms with E-state index in [0.29, 0.717) is 36.4 Å². The molecule has 1 saturated heterocycles. The van der Waals surface area contributed by atoms with Crippen LogP contribution in [0.1, 0.15) is 39.5 Å². The Morgan fingerprint density at radius 3 is 2.80 bits per heavy atom. The summed E-state index contributed by atoms with van der Waals surface area (Å²) in [6.07, 6.45) is 4.26. The highest BCUT2D eigenvalue weighted by molar-refractivity contribution is 5.67. The van der Waals surface area contributed by atoms with Crippen molar-refractivity contribution in [3.8, 4) is 0 Å². The summed E-state index contributed by atoms with van der Waals surface area (Å²) in [5, 5.41) is 8.90. The second kappa shape index (κ2) is 4.12. The first-order valence-electron chi connectivity index (χ1n) is 5.97. The first-order chi connectivity index (χ1) is 7.09. The summed E-state index contributed by atoms with van der Waals surface area (Å²) >= 11 is 0. The number of ether oxygens (including phenoxy) is 1. The van der Waals surface area contributed by atoms with E-state index in [1.54, 1.807) is 0 Å². The lowest BCUT2D eigenvalue weighted by Crippen LogP contribution is -2.33. The van der Waals surface area contributed by atoms with Crippen molar-refractivity contribution in [1.82, 2.24) is 0 Å². The van der Waals surface area contributed by atoms with E-state index >= 15 is 0 Å². The molecule has 1 saturated carbocycles. The van der Waals surface area contributed by atoms with Crippen molar-refractivity contribution in [2.24, 2.45) is 17.8 Å². The van der Waals surface area contributed by atoms with E-state index in [-0.39, 0.29) is 0 Å². The van der Waals surface area contributed by atoms with E-state index in [1.165, 1.54) is 0 Å². The van der Waals surface area contributed by atoms with Crippen molar-refractivity contribution in [2.75, 3.05) is 0 Å². The van der Waals surface area contributed by atoms with Crippen molar-refractivity contribution in [2.45, 2.75) is 51.7 Å². The zero-order valence-corrected chi connectivity index (χ0v) is 9.48. The predicted octanol–water partition coefficient (Wildman–Crippen LogP) is 2.30. The summed E-state index contributed by atoms with van der Waals surface area (Å²) in [4.78, 5) is 10.8. The third-order valence-corrected chi connectivity index (χ3v) is 4.21. The van der Waals surface area contributed by atoms with Gasteiger partial charge in [-0.25, -0.2) is 0 Å². The molecule has 3 heteroatoms. The summed E-state index contributed by atoms with van der Waals surface area (Å²) in [6.45, 7) is 4.32. The summed E-state index contributed by atoms with van der Waals surface area (Å²) in [7, 11) is 0. The molecule has 0 radical (unpaired) electrons. The molecule has 1 aliphatic heterocycles. The summed E-state index contributed by atoms with van der Waals surface area (Å²) in [5.74, 6) is 0.665. The van der Waals surface area contributed by atoms with E-state index in [9.17, 15) is 4.79 Å². The maximum atomic E-state index is 10.8. The average molecular weight is 212 g/mol. The van der Waals surface area contributed by atoms with E-state index < -0.39 is 5.97 Å². The van der Waals surface area contributed by atoms with Gasteiger partial charge in [0.25, 0.3) is 0 Å². The Balaban J connectivity index is 2.08. The van der Waals surface area contributed by atoms with Crippen molar-refractivity contribution < 1.29 is 14.6 Å². The van der Waals surface area contributed by atoms with Crippen LogP contribution in [0.15, 0.2) is 0 Å². The number of rotatable bonds is 2. The largest absolute Gasteiger partial charge is 0.481 e. The SMILES string of the molecule is C[C@H]1[C@H]2[C@H](CC(=O)O)CCC[C@H]2O[C@H]1C. The number of carboxylic acids is 1. The van der Waals surface area contributed by atoms with Crippen LogP contribution in [0.3, 0.4) is 0 Å². The lowest BCUT2D eigenvalue weighted by molar-refractivity contribution is -0.139. The summed E-state index contributed by atoms with van der Waals surface area (Å²) < 4.78 is 5.90. The van der Waals surface area contributed by atoms with Crippen LogP contribution >= 0.6 is 0 Å². The van der Waals surface area contributed by atoms with Gasteiger partial charge < -0.3 is 9.84 Å². The highest BCUT2D eigenvalue weighted by Gasteiger charge is 2.45. The molecule has 2 aliphatic rings. The van der Waals surface area contributed by atoms with Gasteiger partial charge in [0.2, 0.25) is 0 Å². The van der Waals surface area contributed by atoms with Crippen LogP contribution in [0.5, 0.6) is 0 Å². The number of fused-ring (bicyclic) bond motifs is 1. The summed E-state index contributed by atoms with van der Waals surface area (Å²) in [6, 6.07) is 0. The molecular formula is C12H20O3. The molecule has 1 N–H and O–H groups in total. The smallest absolute Gasteiger partial charge is 0.303 e. The van der Waals surface area contributed by atoms with E-state index in [4.69, 9.17) is 9.84 Å². The van der Waals surface area contributed by atoms with Gasteiger partial charge in [-0.05, 0) is 37.5 Å². The maximum absolute atomic E-state index is 10.8. The zero-order valence-electron chi connectivity index (χ0n) is 9.48. The van der Waals surface area contributed by atoms with Gasteiger partial charge in [0.15, 0.2) is 0 Å². The number of aliphatic carboxylic acids is 1. The fourth-order valence-corrected chi connectivity index (χ4v) is 3.37. The Hall–Kier alpha value is -0.570. The molecule has 2 rings (SSSR count). The second-order valence-corrected chi connectivity index (χ2v) is 5.10. The number of hydrogen-bond donors (Lipinski definition) is 1.